The molecule has 0 aliphatic rings. The predicted molar refractivity (Wildman–Crippen MR) is 57.9 cm³/mol. The standard InChI is InChI=1S/C9H12N2O4S/c1-10-11(4-7-2-3-16-6-7)9(14)15-5-8(12)13/h2-3,6,10H,4-5H2,1H3,(H,12,13). The van der Waals surface area contributed by atoms with Crippen molar-refractivity contribution in [2.75, 3.05) is 13.7 Å². The summed E-state index contributed by atoms with van der Waals surface area (Å²) in [4.78, 5) is 21.6. The fraction of sp³-hybridized carbons (Fsp3) is 0.333. The molecule has 0 saturated heterocycles. The van der Waals surface area contributed by atoms with E-state index >= 15 is 0 Å². The maximum atomic E-state index is 11.4. The highest BCUT2D eigenvalue weighted by molar-refractivity contribution is 7.07. The molecule has 0 spiro atoms. The summed E-state index contributed by atoms with van der Waals surface area (Å²) in [5, 5.41) is 13.4. The molecule has 0 aliphatic carbocycles. The summed E-state index contributed by atoms with van der Waals surface area (Å²) in [6, 6.07) is 1.87. The van der Waals surface area contributed by atoms with Crippen molar-refractivity contribution in [2.45, 2.75) is 6.54 Å². The quantitative estimate of drug-likeness (QED) is 0.752. The molecule has 2 N–H and O–H groups in total. The van der Waals surface area contributed by atoms with Gasteiger partial charge in [-0.2, -0.15) is 11.3 Å². The largest absolute Gasteiger partial charge is 0.479 e. The molecule has 1 aromatic heterocycles. The van der Waals surface area contributed by atoms with Crippen LogP contribution in [0.25, 0.3) is 0 Å². The van der Waals surface area contributed by atoms with E-state index in [0.717, 1.165) is 5.56 Å². The Morgan fingerprint density at radius 1 is 1.62 bits per heavy atom. The number of rotatable bonds is 5. The van der Waals surface area contributed by atoms with E-state index < -0.39 is 18.7 Å². The van der Waals surface area contributed by atoms with E-state index in [2.05, 4.69) is 10.2 Å². The van der Waals surface area contributed by atoms with Crippen molar-refractivity contribution in [1.29, 1.82) is 0 Å². The van der Waals surface area contributed by atoms with Gasteiger partial charge in [-0.25, -0.2) is 20.0 Å². The molecule has 1 amide bonds. The van der Waals surface area contributed by atoms with Crippen molar-refractivity contribution in [3.63, 3.8) is 0 Å². The Labute approximate surface area is 96.4 Å². The molecule has 88 valence electrons. The molecule has 6 nitrogen and oxygen atoms in total. The summed E-state index contributed by atoms with van der Waals surface area (Å²) < 4.78 is 4.53. The van der Waals surface area contributed by atoms with Crippen molar-refractivity contribution >= 4 is 23.4 Å². The zero-order chi connectivity index (χ0) is 12.0. The first-order valence-corrected chi connectivity index (χ1v) is 5.42. The van der Waals surface area contributed by atoms with E-state index in [1.165, 1.54) is 16.3 Å². The average molecular weight is 244 g/mol. The second kappa shape index (κ2) is 6.09. The minimum atomic E-state index is -1.18. The van der Waals surface area contributed by atoms with Crippen molar-refractivity contribution in [2.24, 2.45) is 0 Å². The maximum absolute atomic E-state index is 11.4. The van der Waals surface area contributed by atoms with Crippen LogP contribution in [0.4, 0.5) is 4.79 Å². The van der Waals surface area contributed by atoms with E-state index in [4.69, 9.17) is 5.11 Å². The number of carboxylic acid groups (broad SMARTS) is 1. The van der Waals surface area contributed by atoms with Crippen LogP contribution in [0.15, 0.2) is 16.8 Å². The third-order valence-electron chi connectivity index (χ3n) is 1.73. The fourth-order valence-electron chi connectivity index (χ4n) is 1.00. The van der Waals surface area contributed by atoms with Crippen LogP contribution in [-0.4, -0.2) is 35.8 Å². The van der Waals surface area contributed by atoms with Crippen LogP contribution < -0.4 is 5.43 Å². The summed E-state index contributed by atoms with van der Waals surface area (Å²) in [6.07, 6.45) is -0.712. The maximum Gasteiger partial charge on any atom is 0.425 e. The third kappa shape index (κ3) is 3.87. The molecule has 16 heavy (non-hydrogen) atoms. The molecule has 1 aromatic rings. The first-order valence-electron chi connectivity index (χ1n) is 4.48. The number of carbonyl (C=O) groups excluding carboxylic acids is 1. The van der Waals surface area contributed by atoms with Gasteiger partial charge in [-0.1, -0.05) is 0 Å². The predicted octanol–water partition coefficient (Wildman–Crippen LogP) is 0.906. The lowest BCUT2D eigenvalue weighted by Crippen LogP contribution is -2.40. The molecule has 0 saturated carbocycles. The molecule has 0 atom stereocenters. The average Bonchev–Trinajstić information content (AvgIpc) is 2.75. The topological polar surface area (TPSA) is 78.9 Å². The zero-order valence-electron chi connectivity index (χ0n) is 8.67. The van der Waals surface area contributed by atoms with Crippen LogP contribution >= 0.6 is 11.3 Å². The number of aliphatic carboxylic acids is 1. The summed E-state index contributed by atoms with van der Waals surface area (Å²) in [7, 11) is 1.56. The lowest BCUT2D eigenvalue weighted by atomic mass is 10.3. The highest BCUT2D eigenvalue weighted by atomic mass is 32.1. The SMILES string of the molecule is CNN(Cc1ccsc1)C(=O)OCC(=O)O. The number of ether oxygens (including phenoxy) is 1. The number of carboxylic acids is 1. The van der Waals surface area contributed by atoms with Gasteiger partial charge in [-0.15, -0.1) is 0 Å². The fourth-order valence-corrected chi connectivity index (χ4v) is 1.66. The summed E-state index contributed by atoms with van der Waals surface area (Å²) in [6.45, 7) is -0.306. The van der Waals surface area contributed by atoms with Gasteiger partial charge >= 0.3 is 12.1 Å². The van der Waals surface area contributed by atoms with E-state index in [1.807, 2.05) is 16.8 Å². The highest BCUT2D eigenvalue weighted by Gasteiger charge is 2.15. The highest BCUT2D eigenvalue weighted by Crippen LogP contribution is 2.08. The monoisotopic (exact) mass is 244 g/mol. The number of thiophene rings is 1. The van der Waals surface area contributed by atoms with Crippen LogP contribution in [0.3, 0.4) is 0 Å². The van der Waals surface area contributed by atoms with Crippen molar-refractivity contribution in [3.8, 4) is 0 Å². The molecule has 0 radical (unpaired) electrons. The molecule has 0 bridgehead atoms. The number of hydrogen-bond acceptors (Lipinski definition) is 5. The van der Waals surface area contributed by atoms with E-state index in [9.17, 15) is 9.59 Å². The second-order valence-corrected chi connectivity index (χ2v) is 3.67. The van der Waals surface area contributed by atoms with E-state index in [-0.39, 0.29) is 0 Å². The zero-order valence-corrected chi connectivity index (χ0v) is 9.49. The van der Waals surface area contributed by atoms with Gasteiger partial charge in [0, 0.05) is 7.05 Å². The van der Waals surface area contributed by atoms with Crippen molar-refractivity contribution < 1.29 is 19.4 Å². The summed E-state index contributed by atoms with van der Waals surface area (Å²) >= 11 is 1.52. The van der Waals surface area contributed by atoms with E-state index in [1.54, 1.807) is 7.05 Å². The summed E-state index contributed by atoms with van der Waals surface area (Å²) in [5.41, 5.74) is 3.58. The van der Waals surface area contributed by atoms with Gasteiger partial charge in [0.15, 0.2) is 6.61 Å². The molecule has 0 fully saturated rings. The van der Waals surface area contributed by atoms with Gasteiger partial charge in [0.25, 0.3) is 0 Å². The van der Waals surface area contributed by atoms with Gasteiger partial charge in [0.05, 0.1) is 6.54 Å². The third-order valence-corrected chi connectivity index (χ3v) is 2.46. The lowest BCUT2D eigenvalue weighted by molar-refractivity contribution is -0.140. The van der Waals surface area contributed by atoms with Gasteiger partial charge in [0.1, 0.15) is 0 Å². The Morgan fingerprint density at radius 2 is 2.38 bits per heavy atom. The number of carbonyl (C=O) groups is 2. The number of hydrazine groups is 1. The first-order chi connectivity index (χ1) is 7.63. The van der Waals surface area contributed by atoms with Gasteiger partial charge < -0.3 is 9.84 Å². The Balaban J connectivity index is 2.47. The van der Waals surface area contributed by atoms with Crippen LogP contribution in [-0.2, 0) is 16.1 Å². The van der Waals surface area contributed by atoms with E-state index in [0.29, 0.717) is 6.54 Å². The van der Waals surface area contributed by atoms with Crippen molar-refractivity contribution in [1.82, 2.24) is 10.4 Å². The van der Waals surface area contributed by atoms with Gasteiger partial charge in [0.2, 0.25) is 0 Å². The first kappa shape index (κ1) is 12.5. The number of nitrogens with zero attached hydrogens (tertiary/aromatic N) is 1. The number of nitrogens with one attached hydrogen (secondary N) is 1. The summed E-state index contributed by atoms with van der Waals surface area (Å²) in [5.74, 6) is -1.18. The number of hydrogen-bond donors (Lipinski definition) is 2. The Hall–Kier alpha value is -1.60. The van der Waals surface area contributed by atoms with Crippen LogP contribution in [0.2, 0.25) is 0 Å². The minimum absolute atomic E-state index is 0.332. The molecule has 1 rings (SSSR count). The molecule has 0 aliphatic heterocycles. The van der Waals surface area contributed by atoms with Crippen LogP contribution in [0.1, 0.15) is 5.56 Å². The van der Waals surface area contributed by atoms with Gasteiger partial charge in [-0.3, -0.25) is 0 Å². The molecule has 0 aromatic carbocycles. The normalized spacial score (nSPS) is 9.81. The lowest BCUT2D eigenvalue weighted by Gasteiger charge is -2.19. The van der Waals surface area contributed by atoms with Crippen LogP contribution in [0, 0.1) is 0 Å². The van der Waals surface area contributed by atoms with Crippen molar-refractivity contribution in [3.05, 3.63) is 22.4 Å². The van der Waals surface area contributed by atoms with Crippen LogP contribution in [0.5, 0.6) is 0 Å². The Kier molecular flexibility index (Phi) is 4.74. The molecular weight excluding hydrogens is 232 g/mol. The Bertz CT molecular complexity index is 352. The molecule has 7 heteroatoms. The van der Waals surface area contributed by atoms with Gasteiger partial charge in [-0.05, 0) is 22.4 Å². The number of amides is 1. The molecule has 1 heterocycles. The Morgan fingerprint density at radius 3 is 2.88 bits per heavy atom. The minimum Gasteiger partial charge on any atom is -0.479 e. The molecular formula is C9H12N2O4S. The second-order valence-electron chi connectivity index (χ2n) is 2.89. The molecule has 0 unspecified atom stereocenters. The smallest absolute Gasteiger partial charge is 0.425 e.